The number of rotatable bonds is 3. The zero-order valence-corrected chi connectivity index (χ0v) is 11.4. The highest BCUT2D eigenvalue weighted by molar-refractivity contribution is 7.80. The number of ether oxygens (including phenoxy) is 1. The molecule has 2 aliphatic rings. The van der Waals surface area contributed by atoms with Crippen LogP contribution in [0.4, 0.5) is 0 Å². The predicted molar refractivity (Wildman–Crippen MR) is 73.2 cm³/mol. The van der Waals surface area contributed by atoms with E-state index >= 15 is 0 Å². The Balaban J connectivity index is 1.72. The van der Waals surface area contributed by atoms with Crippen molar-refractivity contribution in [3.05, 3.63) is 0 Å². The highest BCUT2D eigenvalue weighted by Gasteiger charge is 2.25. The number of thiocarbonyl (C=S) groups is 1. The van der Waals surface area contributed by atoms with Crippen LogP contribution in [0.3, 0.4) is 0 Å². The van der Waals surface area contributed by atoms with Gasteiger partial charge in [0.25, 0.3) is 0 Å². The molecule has 1 unspecified atom stereocenters. The van der Waals surface area contributed by atoms with Gasteiger partial charge in [-0.2, -0.15) is 0 Å². The molecule has 0 aromatic carbocycles. The Labute approximate surface area is 109 Å². The first kappa shape index (κ1) is 13.2. The van der Waals surface area contributed by atoms with Gasteiger partial charge in [0.15, 0.2) is 0 Å². The van der Waals surface area contributed by atoms with E-state index in [1.54, 1.807) is 0 Å². The first-order valence-corrected chi connectivity index (χ1v) is 6.88. The van der Waals surface area contributed by atoms with Gasteiger partial charge in [-0.1, -0.05) is 12.2 Å². The van der Waals surface area contributed by atoms with E-state index in [0.717, 1.165) is 52.2 Å². The Bertz CT molecular complexity index is 266. The van der Waals surface area contributed by atoms with Crippen molar-refractivity contribution in [2.75, 3.05) is 46.4 Å². The van der Waals surface area contributed by atoms with Crippen LogP contribution in [0.2, 0.25) is 0 Å². The molecule has 0 radical (unpaired) electrons. The normalized spacial score (nSPS) is 29.4. The number of likely N-dealkylation sites (N-methyl/N-ethyl adjacent to an activating group) is 1. The molecule has 98 valence electrons. The second-order valence-electron chi connectivity index (χ2n) is 5.23. The molecule has 2 N–H and O–H groups in total. The van der Waals surface area contributed by atoms with Crippen LogP contribution in [-0.2, 0) is 4.74 Å². The molecule has 2 heterocycles. The van der Waals surface area contributed by atoms with Crippen molar-refractivity contribution in [1.29, 1.82) is 0 Å². The maximum absolute atomic E-state index is 5.79. The molecular formula is C12H23N3OS. The molecule has 17 heavy (non-hydrogen) atoms. The molecule has 0 spiro atoms. The van der Waals surface area contributed by atoms with E-state index in [1.165, 1.54) is 0 Å². The fourth-order valence-corrected chi connectivity index (χ4v) is 2.90. The van der Waals surface area contributed by atoms with Crippen LogP contribution in [0.1, 0.15) is 12.8 Å². The summed E-state index contributed by atoms with van der Waals surface area (Å²) in [6.07, 6.45) is 2.59. The Morgan fingerprint density at radius 1 is 1.35 bits per heavy atom. The van der Waals surface area contributed by atoms with Gasteiger partial charge in [-0.25, -0.2) is 0 Å². The molecule has 0 aliphatic carbocycles. The lowest BCUT2D eigenvalue weighted by molar-refractivity contribution is -0.0383. The molecule has 2 fully saturated rings. The maximum Gasteiger partial charge on any atom is 0.0829 e. The molecule has 2 rings (SSSR count). The fourth-order valence-electron chi connectivity index (χ4n) is 2.67. The summed E-state index contributed by atoms with van der Waals surface area (Å²) in [5.41, 5.74) is 5.70. The third kappa shape index (κ3) is 3.88. The second-order valence-corrected chi connectivity index (χ2v) is 5.70. The van der Waals surface area contributed by atoms with Gasteiger partial charge >= 0.3 is 0 Å². The summed E-state index contributed by atoms with van der Waals surface area (Å²) >= 11 is 5.06. The minimum absolute atomic E-state index is 0.370. The standard InChI is InChI=1S/C12H23N3OS/c1-14-6-7-16-11(8-14)9-15-4-2-10(3-5-15)12(13)17/h10-11H,2-9H2,1H3,(H2,13,17). The minimum atomic E-state index is 0.370. The van der Waals surface area contributed by atoms with E-state index < -0.39 is 0 Å². The summed E-state index contributed by atoms with van der Waals surface area (Å²) in [5.74, 6) is 0.455. The van der Waals surface area contributed by atoms with Crippen LogP contribution in [0.25, 0.3) is 0 Å². The number of likely N-dealkylation sites (tertiary alicyclic amines) is 1. The van der Waals surface area contributed by atoms with Crippen LogP contribution in [0, 0.1) is 5.92 Å². The average molecular weight is 257 g/mol. The summed E-state index contributed by atoms with van der Waals surface area (Å²) in [6, 6.07) is 0. The lowest BCUT2D eigenvalue weighted by atomic mass is 9.97. The Morgan fingerprint density at radius 3 is 2.65 bits per heavy atom. The topological polar surface area (TPSA) is 41.7 Å². The predicted octanol–water partition coefficient (Wildman–Crippen LogP) is 0.315. The lowest BCUT2D eigenvalue weighted by Gasteiger charge is -2.37. The molecule has 2 saturated heterocycles. The van der Waals surface area contributed by atoms with Gasteiger partial charge in [0.1, 0.15) is 0 Å². The number of hydrogen-bond donors (Lipinski definition) is 1. The molecule has 2 aliphatic heterocycles. The van der Waals surface area contributed by atoms with Gasteiger partial charge in [0.05, 0.1) is 17.7 Å². The fraction of sp³-hybridized carbons (Fsp3) is 0.917. The maximum atomic E-state index is 5.79. The van der Waals surface area contributed by atoms with E-state index in [0.29, 0.717) is 17.0 Å². The molecule has 0 bridgehead atoms. The molecule has 1 atom stereocenters. The number of nitrogens with zero attached hydrogens (tertiary/aromatic N) is 2. The highest BCUT2D eigenvalue weighted by atomic mass is 32.1. The van der Waals surface area contributed by atoms with Gasteiger partial charge in [0.2, 0.25) is 0 Å². The van der Waals surface area contributed by atoms with Gasteiger partial charge in [0, 0.05) is 25.6 Å². The smallest absolute Gasteiger partial charge is 0.0829 e. The highest BCUT2D eigenvalue weighted by Crippen LogP contribution is 2.18. The van der Waals surface area contributed by atoms with Crippen molar-refractivity contribution in [3.63, 3.8) is 0 Å². The van der Waals surface area contributed by atoms with Crippen molar-refractivity contribution in [2.24, 2.45) is 11.7 Å². The van der Waals surface area contributed by atoms with Crippen molar-refractivity contribution < 1.29 is 4.74 Å². The average Bonchev–Trinajstić information content (AvgIpc) is 2.29. The minimum Gasteiger partial charge on any atom is -0.393 e. The van der Waals surface area contributed by atoms with Crippen LogP contribution >= 0.6 is 12.2 Å². The third-order valence-corrected chi connectivity index (χ3v) is 4.13. The van der Waals surface area contributed by atoms with Crippen LogP contribution in [0.15, 0.2) is 0 Å². The van der Waals surface area contributed by atoms with Crippen molar-refractivity contribution in [3.8, 4) is 0 Å². The molecular weight excluding hydrogens is 234 g/mol. The molecule has 0 aromatic heterocycles. The van der Waals surface area contributed by atoms with E-state index in [2.05, 4.69) is 16.8 Å². The van der Waals surface area contributed by atoms with Crippen molar-refractivity contribution in [2.45, 2.75) is 18.9 Å². The van der Waals surface area contributed by atoms with Gasteiger partial charge < -0.3 is 20.3 Å². The molecule has 0 aromatic rings. The van der Waals surface area contributed by atoms with Crippen molar-refractivity contribution in [1.82, 2.24) is 9.80 Å². The van der Waals surface area contributed by atoms with E-state index in [-0.39, 0.29) is 0 Å². The Hall–Kier alpha value is -0.230. The molecule has 0 saturated carbocycles. The Kier molecular flexibility index (Phi) is 4.73. The van der Waals surface area contributed by atoms with Gasteiger partial charge in [-0.3, -0.25) is 0 Å². The lowest BCUT2D eigenvalue weighted by Crippen LogP contribution is -2.48. The first-order valence-electron chi connectivity index (χ1n) is 6.47. The van der Waals surface area contributed by atoms with E-state index in [1.807, 2.05) is 0 Å². The van der Waals surface area contributed by atoms with Crippen LogP contribution in [-0.4, -0.2) is 67.3 Å². The van der Waals surface area contributed by atoms with Gasteiger partial charge in [-0.05, 0) is 33.0 Å². The Morgan fingerprint density at radius 2 is 2.06 bits per heavy atom. The quantitative estimate of drug-likeness (QED) is 0.737. The molecule has 4 nitrogen and oxygen atoms in total. The van der Waals surface area contributed by atoms with Gasteiger partial charge in [-0.15, -0.1) is 0 Å². The van der Waals surface area contributed by atoms with Crippen molar-refractivity contribution >= 4 is 17.2 Å². The number of nitrogens with two attached hydrogens (primary N) is 1. The summed E-state index contributed by atoms with van der Waals surface area (Å²) in [6.45, 7) is 6.23. The van der Waals surface area contributed by atoms with E-state index in [4.69, 9.17) is 22.7 Å². The van der Waals surface area contributed by atoms with Crippen LogP contribution < -0.4 is 5.73 Å². The molecule has 5 heteroatoms. The summed E-state index contributed by atoms with van der Waals surface area (Å²) in [4.78, 5) is 5.52. The zero-order chi connectivity index (χ0) is 12.3. The summed E-state index contributed by atoms with van der Waals surface area (Å²) < 4.78 is 5.79. The summed E-state index contributed by atoms with van der Waals surface area (Å²) in [5, 5.41) is 0. The number of piperidine rings is 1. The number of morpholine rings is 1. The monoisotopic (exact) mass is 257 g/mol. The molecule has 0 amide bonds. The van der Waals surface area contributed by atoms with Crippen LogP contribution in [0.5, 0.6) is 0 Å². The SMILES string of the molecule is CN1CCOC(CN2CCC(C(N)=S)CC2)C1. The largest absolute Gasteiger partial charge is 0.393 e. The number of hydrogen-bond acceptors (Lipinski definition) is 4. The third-order valence-electron chi connectivity index (χ3n) is 3.79. The zero-order valence-electron chi connectivity index (χ0n) is 10.6. The second kappa shape index (κ2) is 6.09. The van der Waals surface area contributed by atoms with E-state index in [9.17, 15) is 0 Å². The first-order chi connectivity index (χ1) is 8.15. The summed E-state index contributed by atoms with van der Waals surface area (Å²) in [7, 11) is 2.16.